The average Bonchev–Trinajstić information content (AvgIpc) is 2.74. The summed E-state index contributed by atoms with van der Waals surface area (Å²) in [6, 6.07) is 7.71. The van der Waals surface area contributed by atoms with Crippen molar-refractivity contribution in [2.75, 3.05) is 0 Å². The number of hydrogen-bond acceptors (Lipinski definition) is 0. The summed E-state index contributed by atoms with van der Waals surface area (Å²) in [6.45, 7) is 0. The minimum Gasteiger partial charge on any atom is -0.120 e. The first-order valence-electron chi connectivity index (χ1n) is 4.88. The third-order valence-corrected chi connectivity index (χ3v) is 2.44. The predicted molar refractivity (Wildman–Crippen MR) is 65.8 cm³/mol. The van der Waals surface area contributed by atoms with Gasteiger partial charge in [-0.1, -0.05) is 42.0 Å². The van der Waals surface area contributed by atoms with E-state index in [1.165, 1.54) is 5.57 Å². The molecule has 0 aromatic heterocycles. The Balaban J connectivity index is 2.08. The van der Waals surface area contributed by atoms with Gasteiger partial charge in [-0.3, -0.25) is 0 Å². The van der Waals surface area contributed by atoms with Gasteiger partial charge >= 0.3 is 0 Å². The van der Waals surface area contributed by atoms with Crippen LogP contribution in [-0.4, -0.2) is 0 Å². The third kappa shape index (κ3) is 2.99. The number of hydrogen-bond donors (Lipinski definition) is 0. The van der Waals surface area contributed by atoms with Gasteiger partial charge in [0.1, 0.15) is 0 Å². The molecule has 1 aliphatic rings. The molecule has 1 aliphatic carbocycles. The fraction of sp³-hybridized carbons (Fsp3) is 0.0714. The van der Waals surface area contributed by atoms with Crippen molar-refractivity contribution in [2.45, 2.75) is 6.42 Å². The van der Waals surface area contributed by atoms with Gasteiger partial charge in [0.2, 0.25) is 0 Å². The van der Waals surface area contributed by atoms with Gasteiger partial charge in [0, 0.05) is 5.02 Å². The lowest BCUT2D eigenvalue weighted by atomic mass is 10.2. The quantitative estimate of drug-likeness (QED) is 0.641. The minimum absolute atomic E-state index is 0.763. The molecule has 0 aliphatic heterocycles. The normalized spacial score (nSPS) is 13.3. The summed E-state index contributed by atoms with van der Waals surface area (Å²) in [5.74, 6) is 0. The van der Waals surface area contributed by atoms with Crippen molar-refractivity contribution in [2.24, 2.45) is 0 Å². The Labute approximate surface area is 94.9 Å². The van der Waals surface area contributed by atoms with Crippen LogP contribution in [0.25, 0.3) is 6.08 Å². The molecule has 0 bridgehead atoms. The summed E-state index contributed by atoms with van der Waals surface area (Å²) in [7, 11) is 0. The molecule has 0 fully saturated rings. The fourth-order valence-electron chi connectivity index (χ4n) is 1.37. The van der Waals surface area contributed by atoms with E-state index in [2.05, 4.69) is 24.0 Å². The molecule has 0 amide bonds. The van der Waals surface area contributed by atoms with Crippen LogP contribution < -0.4 is 0 Å². The molecule has 0 radical (unpaired) electrons. The second-order valence-corrected chi connectivity index (χ2v) is 3.82. The molecule has 0 spiro atoms. The molecule has 0 saturated heterocycles. The van der Waals surface area contributed by atoms with Gasteiger partial charge in [-0.05, 0) is 41.8 Å². The molecule has 0 unspecified atom stereocenters. The first-order chi connectivity index (χ1) is 7.34. The maximum absolute atomic E-state index is 5.79. The summed E-state index contributed by atoms with van der Waals surface area (Å²) in [5, 5.41) is 0.763. The average molecular weight is 215 g/mol. The number of rotatable bonds is 2. The van der Waals surface area contributed by atoms with E-state index in [9.17, 15) is 0 Å². The van der Waals surface area contributed by atoms with Crippen LogP contribution in [0.15, 0.2) is 59.9 Å². The van der Waals surface area contributed by atoms with Crippen molar-refractivity contribution >= 4 is 17.7 Å². The highest BCUT2D eigenvalue weighted by Crippen LogP contribution is 2.12. The lowest BCUT2D eigenvalue weighted by molar-refractivity contribution is 1.34. The minimum atomic E-state index is 0.763. The zero-order chi connectivity index (χ0) is 10.5. The summed E-state index contributed by atoms with van der Waals surface area (Å²) in [5.41, 5.74) is 5.57. The van der Waals surface area contributed by atoms with Crippen LogP contribution in [0.5, 0.6) is 0 Å². The molecule has 2 rings (SSSR count). The number of benzene rings is 1. The van der Waals surface area contributed by atoms with Gasteiger partial charge in [0.05, 0.1) is 0 Å². The second-order valence-electron chi connectivity index (χ2n) is 3.38. The highest BCUT2D eigenvalue weighted by molar-refractivity contribution is 6.30. The number of allylic oxidation sites excluding steroid dienone is 5. The van der Waals surface area contributed by atoms with E-state index in [0.717, 1.165) is 17.0 Å². The van der Waals surface area contributed by atoms with Crippen LogP contribution >= 0.6 is 11.6 Å². The summed E-state index contributed by atoms with van der Waals surface area (Å²) >= 11 is 5.79. The zero-order valence-corrected chi connectivity index (χ0v) is 9.04. The summed E-state index contributed by atoms with van der Waals surface area (Å²) in [4.78, 5) is 0. The van der Waals surface area contributed by atoms with Crippen molar-refractivity contribution in [1.29, 1.82) is 0 Å². The fourth-order valence-corrected chi connectivity index (χ4v) is 1.50. The zero-order valence-electron chi connectivity index (χ0n) is 8.28. The lowest BCUT2D eigenvalue weighted by Gasteiger charge is -1.91. The second kappa shape index (κ2) is 4.84. The molecule has 0 saturated carbocycles. The molecule has 0 N–H and O–H groups in total. The number of halogens is 1. The van der Waals surface area contributed by atoms with Crippen LogP contribution in [0, 0.1) is 0 Å². The summed E-state index contributed by atoms with van der Waals surface area (Å²) in [6.07, 6.45) is 11.3. The molecule has 0 nitrogen and oxygen atoms in total. The van der Waals surface area contributed by atoms with Crippen molar-refractivity contribution in [1.82, 2.24) is 0 Å². The monoisotopic (exact) mass is 214 g/mol. The molecule has 74 valence electrons. The highest BCUT2D eigenvalue weighted by Gasteiger charge is 1.91. The molecule has 0 atom stereocenters. The van der Waals surface area contributed by atoms with Crippen LogP contribution in [0.3, 0.4) is 0 Å². The topological polar surface area (TPSA) is 0 Å². The van der Waals surface area contributed by atoms with Crippen LogP contribution in [0.1, 0.15) is 12.0 Å². The van der Waals surface area contributed by atoms with Crippen molar-refractivity contribution in [3.63, 3.8) is 0 Å². The van der Waals surface area contributed by atoms with Gasteiger partial charge in [-0.2, -0.15) is 0 Å². The Hall–Kier alpha value is -1.49. The van der Waals surface area contributed by atoms with Gasteiger partial charge in [-0.25, -0.2) is 0 Å². The molecule has 15 heavy (non-hydrogen) atoms. The smallest absolute Gasteiger partial charge is 0.0406 e. The molecule has 1 aromatic carbocycles. The van der Waals surface area contributed by atoms with Gasteiger partial charge in [-0.15, -0.1) is 5.73 Å². The van der Waals surface area contributed by atoms with E-state index in [-0.39, 0.29) is 0 Å². The maximum Gasteiger partial charge on any atom is 0.0406 e. The van der Waals surface area contributed by atoms with Gasteiger partial charge < -0.3 is 0 Å². The van der Waals surface area contributed by atoms with E-state index < -0.39 is 0 Å². The van der Waals surface area contributed by atoms with E-state index in [1.54, 1.807) is 0 Å². The third-order valence-electron chi connectivity index (χ3n) is 2.19. The molecular formula is C14H11Cl. The molecule has 1 aromatic rings. The highest BCUT2D eigenvalue weighted by atomic mass is 35.5. The first kappa shape index (κ1) is 10.0. The molecule has 1 heteroatoms. The molecule has 0 heterocycles. The van der Waals surface area contributed by atoms with E-state index in [0.29, 0.717) is 0 Å². The van der Waals surface area contributed by atoms with Gasteiger partial charge in [0.15, 0.2) is 0 Å². The Bertz CT molecular complexity index is 455. The summed E-state index contributed by atoms with van der Waals surface area (Å²) < 4.78 is 0. The maximum atomic E-state index is 5.79. The SMILES string of the molecule is Clc1ccc(C=C=CC2=CC=CC2)cc1. The first-order valence-corrected chi connectivity index (χ1v) is 5.26. The van der Waals surface area contributed by atoms with Crippen LogP contribution in [0.2, 0.25) is 5.02 Å². The lowest BCUT2D eigenvalue weighted by Crippen LogP contribution is -1.69. The molecular weight excluding hydrogens is 204 g/mol. The van der Waals surface area contributed by atoms with Crippen molar-refractivity contribution in [3.05, 3.63) is 70.5 Å². The predicted octanol–water partition coefficient (Wildman–Crippen LogP) is 4.39. The van der Waals surface area contributed by atoms with Gasteiger partial charge in [0.25, 0.3) is 0 Å². The Morgan fingerprint density at radius 2 is 1.93 bits per heavy atom. The van der Waals surface area contributed by atoms with Crippen molar-refractivity contribution in [3.8, 4) is 0 Å². The standard InChI is InChI=1S/C14H11Cl/c15-14-10-8-13(9-11-14)7-3-6-12-4-1-2-5-12/h1-2,4,6-11H,5H2. The van der Waals surface area contributed by atoms with E-state index in [4.69, 9.17) is 11.6 Å². The Kier molecular flexibility index (Phi) is 3.24. The van der Waals surface area contributed by atoms with Crippen LogP contribution in [-0.2, 0) is 0 Å². The van der Waals surface area contributed by atoms with Crippen molar-refractivity contribution < 1.29 is 0 Å². The van der Waals surface area contributed by atoms with Crippen LogP contribution in [0.4, 0.5) is 0 Å². The Morgan fingerprint density at radius 1 is 1.13 bits per heavy atom. The largest absolute Gasteiger partial charge is 0.120 e. The van der Waals surface area contributed by atoms with E-state index in [1.807, 2.05) is 36.4 Å². The Morgan fingerprint density at radius 3 is 2.60 bits per heavy atom. The van der Waals surface area contributed by atoms with E-state index >= 15 is 0 Å².